The van der Waals surface area contributed by atoms with Crippen LogP contribution >= 0.6 is 0 Å². The van der Waals surface area contributed by atoms with Crippen LogP contribution in [-0.2, 0) is 11.3 Å². The molecule has 0 amide bonds. The summed E-state index contributed by atoms with van der Waals surface area (Å²) in [6.45, 7) is -0.417. The summed E-state index contributed by atoms with van der Waals surface area (Å²) in [7, 11) is 1.00. The van der Waals surface area contributed by atoms with Gasteiger partial charge in [0.1, 0.15) is 30.0 Å². The van der Waals surface area contributed by atoms with Gasteiger partial charge in [-0.05, 0) is 12.1 Å². The first-order chi connectivity index (χ1) is 15.5. The predicted octanol–water partition coefficient (Wildman–Crippen LogP) is 2.43. The number of aliphatic carboxylic acids is 1. The molecule has 0 aliphatic carbocycles. The van der Waals surface area contributed by atoms with E-state index in [9.17, 15) is 13.6 Å². The van der Waals surface area contributed by atoms with E-state index in [1.165, 1.54) is 17.0 Å². The lowest BCUT2D eigenvalue weighted by atomic mass is 10.2. The van der Waals surface area contributed by atoms with Crippen LogP contribution < -0.4 is 5.32 Å². The molecule has 32 heavy (non-hydrogen) atoms. The first-order valence-electron chi connectivity index (χ1n) is 9.16. The predicted molar refractivity (Wildman–Crippen MR) is 108 cm³/mol. The van der Waals surface area contributed by atoms with Crippen LogP contribution in [0.1, 0.15) is 5.56 Å². The number of benzene rings is 1. The van der Waals surface area contributed by atoms with E-state index >= 15 is 0 Å². The van der Waals surface area contributed by atoms with E-state index in [-0.39, 0.29) is 29.7 Å². The van der Waals surface area contributed by atoms with Gasteiger partial charge in [0, 0.05) is 18.7 Å². The summed E-state index contributed by atoms with van der Waals surface area (Å²) in [4.78, 5) is 18.7. The zero-order chi connectivity index (χ0) is 23.1. The van der Waals surface area contributed by atoms with E-state index in [2.05, 4.69) is 25.5 Å². The fourth-order valence-electron chi connectivity index (χ4n) is 2.76. The van der Waals surface area contributed by atoms with Gasteiger partial charge in [0.15, 0.2) is 17.5 Å². The Balaban J connectivity index is 0.00000141. The van der Waals surface area contributed by atoms with Crippen molar-refractivity contribution in [2.24, 2.45) is 0 Å². The number of carboxylic acids is 1. The first kappa shape index (κ1) is 22.5. The SMILES string of the molecule is CO.O=C(O)CNc1nc(-c2cc(-c3ccon3)n(Cc3ccccc3F)n2)ncc1F. The minimum absolute atomic E-state index is 0.0568. The minimum Gasteiger partial charge on any atom is -0.480 e. The number of rotatable bonds is 7. The Morgan fingerprint density at radius 1 is 1.16 bits per heavy atom. The third kappa shape index (κ3) is 5.10. The molecule has 0 spiro atoms. The lowest BCUT2D eigenvalue weighted by Crippen LogP contribution is -2.15. The zero-order valence-corrected chi connectivity index (χ0v) is 16.7. The molecule has 0 atom stereocenters. The maximum Gasteiger partial charge on any atom is 0.322 e. The third-order valence-electron chi connectivity index (χ3n) is 4.14. The van der Waals surface area contributed by atoms with Crippen molar-refractivity contribution in [3.63, 3.8) is 0 Å². The third-order valence-corrected chi connectivity index (χ3v) is 4.14. The van der Waals surface area contributed by atoms with Crippen LogP contribution in [-0.4, -0.2) is 54.7 Å². The summed E-state index contributed by atoms with van der Waals surface area (Å²) in [5.41, 5.74) is 1.63. The molecule has 3 N–H and O–H groups in total. The number of hydrogen-bond acceptors (Lipinski definition) is 8. The van der Waals surface area contributed by atoms with Crippen LogP contribution in [0, 0.1) is 11.6 Å². The Morgan fingerprint density at radius 2 is 1.94 bits per heavy atom. The Hall–Kier alpha value is -4.19. The number of nitrogens with zero attached hydrogens (tertiary/aromatic N) is 5. The highest BCUT2D eigenvalue weighted by Crippen LogP contribution is 2.25. The molecule has 1 aromatic carbocycles. The molecular weight excluding hydrogens is 426 g/mol. The molecule has 12 heteroatoms. The monoisotopic (exact) mass is 444 g/mol. The van der Waals surface area contributed by atoms with E-state index in [0.29, 0.717) is 17.0 Å². The Morgan fingerprint density at radius 3 is 2.62 bits per heavy atom. The van der Waals surface area contributed by atoms with Crippen LogP contribution in [0.4, 0.5) is 14.6 Å². The number of aliphatic hydroxyl groups excluding tert-OH is 1. The van der Waals surface area contributed by atoms with Crippen molar-refractivity contribution in [2.75, 3.05) is 19.0 Å². The van der Waals surface area contributed by atoms with Gasteiger partial charge in [-0.2, -0.15) is 5.10 Å². The fourth-order valence-corrected chi connectivity index (χ4v) is 2.76. The molecule has 0 radical (unpaired) electrons. The van der Waals surface area contributed by atoms with E-state index in [4.69, 9.17) is 14.7 Å². The minimum atomic E-state index is -1.17. The van der Waals surface area contributed by atoms with Crippen molar-refractivity contribution in [3.8, 4) is 22.9 Å². The summed E-state index contributed by atoms with van der Waals surface area (Å²) in [6, 6.07) is 9.49. The second-order valence-corrected chi connectivity index (χ2v) is 6.19. The Labute approximate surface area is 180 Å². The lowest BCUT2D eigenvalue weighted by Gasteiger charge is -2.07. The van der Waals surface area contributed by atoms with E-state index in [1.54, 1.807) is 30.3 Å². The van der Waals surface area contributed by atoms with Gasteiger partial charge in [-0.3, -0.25) is 9.48 Å². The van der Waals surface area contributed by atoms with Gasteiger partial charge in [-0.25, -0.2) is 18.7 Å². The summed E-state index contributed by atoms with van der Waals surface area (Å²) < 4.78 is 34.4. The van der Waals surface area contributed by atoms with Gasteiger partial charge in [-0.1, -0.05) is 23.4 Å². The van der Waals surface area contributed by atoms with Crippen molar-refractivity contribution in [3.05, 3.63) is 66.1 Å². The number of hydrogen-bond donors (Lipinski definition) is 3. The molecule has 166 valence electrons. The van der Waals surface area contributed by atoms with Crippen LogP contribution in [0.2, 0.25) is 0 Å². The molecule has 4 aromatic rings. The molecule has 4 rings (SSSR count). The normalized spacial score (nSPS) is 10.4. The second-order valence-electron chi connectivity index (χ2n) is 6.19. The van der Waals surface area contributed by atoms with Crippen molar-refractivity contribution in [2.45, 2.75) is 6.54 Å². The summed E-state index contributed by atoms with van der Waals surface area (Å²) >= 11 is 0. The van der Waals surface area contributed by atoms with Crippen molar-refractivity contribution in [1.29, 1.82) is 0 Å². The number of aromatic nitrogens is 5. The van der Waals surface area contributed by atoms with Crippen LogP contribution in [0.15, 0.2) is 53.4 Å². The van der Waals surface area contributed by atoms with Gasteiger partial charge in [0.05, 0.1) is 18.4 Å². The number of anilines is 1. The van der Waals surface area contributed by atoms with Crippen LogP contribution in [0.3, 0.4) is 0 Å². The van der Waals surface area contributed by atoms with Gasteiger partial charge in [-0.15, -0.1) is 0 Å². The van der Waals surface area contributed by atoms with Crippen LogP contribution in [0.5, 0.6) is 0 Å². The van der Waals surface area contributed by atoms with E-state index in [1.807, 2.05) is 0 Å². The van der Waals surface area contributed by atoms with Gasteiger partial charge in [0.2, 0.25) is 0 Å². The maximum atomic E-state index is 14.1. The summed E-state index contributed by atoms with van der Waals surface area (Å²) in [5, 5.41) is 26.5. The number of aliphatic hydroxyl groups is 1. The summed E-state index contributed by atoms with van der Waals surface area (Å²) in [6.07, 6.45) is 2.30. The van der Waals surface area contributed by atoms with Crippen molar-refractivity contribution < 1.29 is 28.3 Å². The molecule has 3 aromatic heterocycles. The maximum absolute atomic E-state index is 14.1. The zero-order valence-electron chi connectivity index (χ0n) is 16.7. The smallest absolute Gasteiger partial charge is 0.322 e. The van der Waals surface area contributed by atoms with Crippen molar-refractivity contribution >= 4 is 11.8 Å². The molecule has 3 heterocycles. The molecule has 0 aliphatic rings. The quantitative estimate of drug-likeness (QED) is 0.392. The average Bonchev–Trinajstić information content (AvgIpc) is 3.46. The molecule has 0 saturated carbocycles. The highest BCUT2D eigenvalue weighted by Gasteiger charge is 2.18. The van der Waals surface area contributed by atoms with Crippen molar-refractivity contribution in [1.82, 2.24) is 24.9 Å². The average molecular weight is 444 g/mol. The molecule has 10 nitrogen and oxygen atoms in total. The molecule has 0 fully saturated rings. The highest BCUT2D eigenvalue weighted by molar-refractivity contribution is 5.72. The number of halogens is 2. The number of carbonyl (C=O) groups is 1. The number of carboxylic acid groups (broad SMARTS) is 1. The molecule has 0 unspecified atom stereocenters. The fraction of sp³-hybridized carbons (Fsp3) is 0.150. The standard InChI is InChI=1S/C19H14F2N6O3.CH4O/c20-12-4-2-1-3-11(12)10-27-16(14-5-6-30-26-14)7-15(25-27)19-22-8-13(21)18(24-19)23-9-17(28)29;1-2/h1-8H,9-10H2,(H,28,29)(H,22,23,24);2H,1H3. The Kier molecular flexibility index (Phi) is 7.18. The molecule has 0 bridgehead atoms. The molecule has 0 aliphatic heterocycles. The molecular formula is C20H18F2N6O4. The largest absolute Gasteiger partial charge is 0.480 e. The van der Waals surface area contributed by atoms with E-state index < -0.39 is 18.3 Å². The highest BCUT2D eigenvalue weighted by atomic mass is 19.1. The second kappa shape index (κ2) is 10.2. The lowest BCUT2D eigenvalue weighted by molar-refractivity contribution is -0.134. The topological polar surface area (TPSA) is 139 Å². The van der Waals surface area contributed by atoms with Crippen LogP contribution in [0.25, 0.3) is 22.9 Å². The molecule has 0 saturated heterocycles. The Bertz CT molecular complexity index is 1200. The van der Waals surface area contributed by atoms with Gasteiger partial charge >= 0.3 is 5.97 Å². The number of nitrogens with one attached hydrogen (secondary N) is 1. The van der Waals surface area contributed by atoms with Gasteiger partial charge < -0.3 is 20.1 Å². The first-order valence-corrected chi connectivity index (χ1v) is 9.16. The van der Waals surface area contributed by atoms with E-state index in [0.717, 1.165) is 13.3 Å². The summed E-state index contributed by atoms with van der Waals surface area (Å²) in [5.74, 6) is -2.58. The van der Waals surface area contributed by atoms with Gasteiger partial charge in [0.25, 0.3) is 0 Å².